The lowest BCUT2D eigenvalue weighted by Gasteiger charge is -1.99. The first-order valence-electron chi connectivity index (χ1n) is 2.56. The van der Waals surface area contributed by atoms with E-state index in [1.165, 1.54) is 0 Å². The van der Waals surface area contributed by atoms with Gasteiger partial charge in [-0.15, -0.1) is 0 Å². The molecule has 0 atom stereocenters. The maximum absolute atomic E-state index is 5.56. The predicted molar refractivity (Wildman–Crippen MR) is 56.1 cm³/mol. The Kier molecular flexibility index (Phi) is 4.63. The molecular formula is C6H7IN2S. The average Bonchev–Trinajstić information content (AvgIpc) is 1.89. The quantitative estimate of drug-likeness (QED) is 0.466. The van der Waals surface area contributed by atoms with Crippen LogP contribution in [0.2, 0.25) is 0 Å². The molecule has 0 heterocycles. The number of nitrogen functional groups attached to an aromatic ring is 1. The van der Waals surface area contributed by atoms with Crippen molar-refractivity contribution in [1.82, 2.24) is 0 Å². The van der Waals surface area contributed by atoms with Crippen LogP contribution in [0.5, 0.6) is 0 Å². The van der Waals surface area contributed by atoms with Crippen molar-refractivity contribution < 1.29 is 0 Å². The summed E-state index contributed by atoms with van der Waals surface area (Å²) >= 11 is 2.05. The summed E-state index contributed by atoms with van der Waals surface area (Å²) in [6.07, 6.45) is 0. The predicted octanol–water partition coefficient (Wildman–Crippen LogP) is 2.68. The normalized spacial score (nSPS) is 8.10. The first kappa shape index (κ1) is 9.90. The number of para-hydroxylation sites is 2. The average molecular weight is 266 g/mol. The van der Waals surface area contributed by atoms with Gasteiger partial charge >= 0.3 is 0 Å². The van der Waals surface area contributed by atoms with Crippen LogP contribution in [0.15, 0.2) is 24.3 Å². The van der Waals surface area contributed by atoms with Crippen LogP contribution in [0.25, 0.3) is 0 Å². The zero-order chi connectivity index (χ0) is 6.69. The molecule has 0 unspecified atom stereocenters. The Morgan fingerprint density at radius 3 is 2.30 bits per heavy atom. The maximum atomic E-state index is 5.56. The number of nitrogens with two attached hydrogens (primary N) is 1. The van der Waals surface area contributed by atoms with E-state index in [0.717, 1.165) is 11.4 Å². The highest BCUT2D eigenvalue weighted by Gasteiger charge is 1.90. The number of nitrogens with one attached hydrogen (secondary N) is 1. The second kappa shape index (κ2) is 4.68. The number of anilines is 2. The Balaban J connectivity index is 0.000000810. The second-order valence-corrected chi connectivity index (χ2v) is 2.22. The van der Waals surface area contributed by atoms with Gasteiger partial charge in [-0.3, -0.25) is 0 Å². The van der Waals surface area contributed by atoms with Gasteiger partial charge in [0, 0.05) is 13.5 Å². The van der Waals surface area contributed by atoms with Crippen molar-refractivity contribution in [2.45, 2.75) is 0 Å². The standard InChI is InChI=1S/C6H7IN2.S/c7-9-6-4-2-1-3-5(6)8;/h1-4,9H,8H2;. The fourth-order valence-corrected chi connectivity index (χ4v) is 1.07. The molecule has 0 aliphatic heterocycles. The number of halogens is 1. The van der Waals surface area contributed by atoms with E-state index in [-0.39, 0.29) is 13.5 Å². The van der Waals surface area contributed by atoms with Gasteiger partial charge in [0.2, 0.25) is 0 Å². The van der Waals surface area contributed by atoms with Crippen molar-refractivity contribution in [2.75, 3.05) is 9.26 Å². The van der Waals surface area contributed by atoms with Crippen LogP contribution in [0.3, 0.4) is 0 Å². The Morgan fingerprint density at radius 2 is 1.90 bits per heavy atom. The summed E-state index contributed by atoms with van der Waals surface area (Å²) < 4.78 is 2.94. The summed E-state index contributed by atoms with van der Waals surface area (Å²) in [6.45, 7) is 0. The number of rotatable bonds is 1. The number of benzene rings is 1. The zero-order valence-corrected chi connectivity index (χ0v) is 8.15. The van der Waals surface area contributed by atoms with Crippen LogP contribution in [0.1, 0.15) is 0 Å². The monoisotopic (exact) mass is 266 g/mol. The van der Waals surface area contributed by atoms with Gasteiger partial charge in [0.1, 0.15) is 0 Å². The molecule has 0 amide bonds. The number of hydrogen-bond donors (Lipinski definition) is 2. The number of hydrogen-bond acceptors (Lipinski definition) is 2. The minimum absolute atomic E-state index is 0. The molecule has 0 saturated heterocycles. The molecule has 1 aromatic rings. The minimum Gasteiger partial charge on any atom is -0.397 e. The molecular weight excluding hydrogens is 259 g/mol. The summed E-state index contributed by atoms with van der Waals surface area (Å²) in [4.78, 5) is 0. The van der Waals surface area contributed by atoms with Crippen molar-refractivity contribution in [3.8, 4) is 0 Å². The van der Waals surface area contributed by atoms with Crippen LogP contribution in [-0.2, 0) is 0 Å². The van der Waals surface area contributed by atoms with Gasteiger partial charge in [0.15, 0.2) is 0 Å². The highest BCUT2D eigenvalue weighted by atomic mass is 127. The van der Waals surface area contributed by atoms with Crippen molar-refractivity contribution in [3.63, 3.8) is 0 Å². The van der Waals surface area contributed by atoms with Crippen molar-refractivity contribution in [3.05, 3.63) is 24.3 Å². The van der Waals surface area contributed by atoms with E-state index in [9.17, 15) is 0 Å². The molecule has 54 valence electrons. The SMILES string of the molecule is Nc1ccccc1NI.[S]. The second-order valence-electron chi connectivity index (χ2n) is 1.68. The molecule has 0 fully saturated rings. The Morgan fingerprint density at radius 1 is 1.30 bits per heavy atom. The summed E-state index contributed by atoms with van der Waals surface area (Å²) in [5.41, 5.74) is 7.32. The van der Waals surface area contributed by atoms with Crippen LogP contribution in [-0.4, -0.2) is 0 Å². The molecule has 10 heavy (non-hydrogen) atoms. The van der Waals surface area contributed by atoms with E-state index >= 15 is 0 Å². The Bertz CT molecular complexity index is 205. The molecule has 0 bridgehead atoms. The van der Waals surface area contributed by atoms with Gasteiger partial charge < -0.3 is 9.26 Å². The smallest absolute Gasteiger partial charge is 0.0660 e. The summed E-state index contributed by atoms with van der Waals surface area (Å²) in [5.74, 6) is 0. The third-order valence-electron chi connectivity index (χ3n) is 1.06. The van der Waals surface area contributed by atoms with Gasteiger partial charge in [-0.05, 0) is 12.1 Å². The van der Waals surface area contributed by atoms with E-state index in [1.807, 2.05) is 47.1 Å². The lowest BCUT2D eigenvalue weighted by molar-refractivity contribution is 1.68. The van der Waals surface area contributed by atoms with E-state index in [2.05, 4.69) is 3.53 Å². The molecule has 0 aromatic heterocycles. The van der Waals surface area contributed by atoms with Gasteiger partial charge in [0.05, 0.1) is 34.2 Å². The first-order chi connectivity index (χ1) is 4.34. The van der Waals surface area contributed by atoms with Crippen LogP contribution in [0.4, 0.5) is 11.4 Å². The molecule has 0 spiro atoms. The van der Waals surface area contributed by atoms with Crippen molar-refractivity contribution >= 4 is 47.7 Å². The molecule has 3 N–H and O–H groups in total. The molecule has 1 aromatic carbocycles. The molecule has 2 nitrogen and oxygen atoms in total. The molecule has 2 radical (unpaired) electrons. The highest BCUT2D eigenvalue weighted by molar-refractivity contribution is 14.1. The lowest BCUT2D eigenvalue weighted by atomic mass is 10.3. The summed E-state index contributed by atoms with van der Waals surface area (Å²) in [7, 11) is 0. The van der Waals surface area contributed by atoms with Gasteiger partial charge in [-0.25, -0.2) is 0 Å². The Labute approximate surface area is 81.1 Å². The van der Waals surface area contributed by atoms with Crippen molar-refractivity contribution in [1.29, 1.82) is 0 Å². The lowest BCUT2D eigenvalue weighted by Crippen LogP contribution is -1.88. The van der Waals surface area contributed by atoms with Gasteiger partial charge in [0.25, 0.3) is 0 Å². The van der Waals surface area contributed by atoms with Crippen molar-refractivity contribution in [2.24, 2.45) is 0 Å². The molecule has 4 heteroatoms. The fraction of sp³-hybridized carbons (Fsp3) is 0. The van der Waals surface area contributed by atoms with Crippen LogP contribution in [0, 0.1) is 0 Å². The van der Waals surface area contributed by atoms with E-state index in [4.69, 9.17) is 5.73 Å². The molecule has 0 aliphatic rings. The van der Waals surface area contributed by atoms with Gasteiger partial charge in [-0.2, -0.15) is 0 Å². The minimum atomic E-state index is 0. The maximum Gasteiger partial charge on any atom is 0.0660 e. The summed E-state index contributed by atoms with van der Waals surface area (Å²) in [5, 5.41) is 0. The van der Waals surface area contributed by atoms with Gasteiger partial charge in [-0.1, -0.05) is 12.1 Å². The van der Waals surface area contributed by atoms with E-state index in [0.29, 0.717) is 0 Å². The molecule has 0 saturated carbocycles. The van der Waals surface area contributed by atoms with E-state index < -0.39 is 0 Å². The topological polar surface area (TPSA) is 38.0 Å². The van der Waals surface area contributed by atoms with E-state index in [1.54, 1.807) is 0 Å². The molecule has 1 rings (SSSR count). The first-order valence-corrected chi connectivity index (χ1v) is 3.63. The third kappa shape index (κ3) is 2.26. The van der Waals surface area contributed by atoms with Crippen LogP contribution < -0.4 is 9.26 Å². The van der Waals surface area contributed by atoms with Crippen LogP contribution >= 0.6 is 36.4 Å². The largest absolute Gasteiger partial charge is 0.397 e. The zero-order valence-electron chi connectivity index (χ0n) is 5.17. The highest BCUT2D eigenvalue weighted by Crippen LogP contribution is 2.17. The third-order valence-corrected chi connectivity index (χ3v) is 1.64. The Hall–Kier alpha value is -0.100. The summed E-state index contributed by atoms with van der Waals surface area (Å²) in [6, 6.07) is 7.65. The fourth-order valence-electron chi connectivity index (χ4n) is 0.583. The molecule has 0 aliphatic carbocycles.